The third kappa shape index (κ3) is 4.19. The molecule has 1 atom stereocenters. The molecule has 0 aromatic heterocycles. The number of benzene rings is 1. The Kier molecular flexibility index (Phi) is 6.33. The van der Waals surface area contributed by atoms with Crippen LogP contribution < -0.4 is 9.47 Å². The summed E-state index contributed by atoms with van der Waals surface area (Å²) in [6.07, 6.45) is -0.950. The van der Waals surface area contributed by atoms with Crippen molar-refractivity contribution in [3.05, 3.63) is 39.6 Å². The van der Waals surface area contributed by atoms with E-state index in [0.717, 1.165) is 6.08 Å². The van der Waals surface area contributed by atoms with Gasteiger partial charge in [-0.3, -0.25) is 10.1 Å². The number of nitro groups is 1. The van der Waals surface area contributed by atoms with Gasteiger partial charge in [0.2, 0.25) is 6.10 Å². The monoisotopic (exact) mass is 311 g/mol. The van der Waals surface area contributed by atoms with Gasteiger partial charge in [0.1, 0.15) is 11.5 Å². The summed E-state index contributed by atoms with van der Waals surface area (Å²) in [6.45, 7) is 1.54. The topological polar surface area (TPSA) is 108 Å². The molecule has 0 bridgehead atoms. The van der Waals surface area contributed by atoms with Gasteiger partial charge in [-0.1, -0.05) is 0 Å². The van der Waals surface area contributed by atoms with Crippen molar-refractivity contribution in [1.29, 1.82) is 0 Å². The average molecular weight is 311 g/mol. The van der Waals surface area contributed by atoms with Gasteiger partial charge in [-0.05, 0) is 25.1 Å². The predicted octanol–water partition coefficient (Wildman–Crippen LogP) is 1.25. The molecule has 1 rings (SSSR count). The summed E-state index contributed by atoms with van der Waals surface area (Å²) in [5.41, 5.74) is -0.429. The molecule has 1 unspecified atom stereocenters. The third-order valence-corrected chi connectivity index (χ3v) is 2.74. The number of hydrogen-bond donors (Lipinski definition) is 1. The van der Waals surface area contributed by atoms with E-state index >= 15 is 0 Å². The molecule has 1 N–H and O–H groups in total. The van der Waals surface area contributed by atoms with Crippen LogP contribution in [-0.2, 0) is 9.53 Å². The van der Waals surface area contributed by atoms with E-state index in [2.05, 4.69) is 4.74 Å². The van der Waals surface area contributed by atoms with Crippen molar-refractivity contribution < 1.29 is 29.0 Å². The molecule has 0 radical (unpaired) electrons. The zero-order chi connectivity index (χ0) is 16.7. The van der Waals surface area contributed by atoms with Crippen LogP contribution in [0.25, 0.3) is 6.08 Å². The molecule has 0 fully saturated rings. The van der Waals surface area contributed by atoms with Crippen LogP contribution >= 0.6 is 0 Å². The highest BCUT2D eigenvalue weighted by Gasteiger charge is 2.31. The number of ether oxygens (including phenoxy) is 3. The van der Waals surface area contributed by atoms with Crippen molar-refractivity contribution in [2.24, 2.45) is 0 Å². The van der Waals surface area contributed by atoms with E-state index < -0.39 is 22.7 Å². The Hall–Kier alpha value is -2.61. The maximum atomic E-state index is 11.5. The molecule has 0 aliphatic carbocycles. The number of rotatable bonds is 7. The molecule has 8 heteroatoms. The molecule has 0 heterocycles. The summed E-state index contributed by atoms with van der Waals surface area (Å²) >= 11 is 0. The normalized spacial score (nSPS) is 12.5. The van der Waals surface area contributed by atoms with Crippen LogP contribution in [0.2, 0.25) is 0 Å². The van der Waals surface area contributed by atoms with Crippen molar-refractivity contribution in [3.63, 3.8) is 0 Å². The molecule has 0 spiro atoms. The molecular weight excluding hydrogens is 294 g/mol. The minimum atomic E-state index is -1.99. The second-order valence-electron chi connectivity index (χ2n) is 4.09. The average Bonchev–Trinajstić information content (AvgIpc) is 2.51. The Bertz CT molecular complexity index is 583. The first-order valence-electron chi connectivity index (χ1n) is 6.37. The van der Waals surface area contributed by atoms with E-state index in [1.165, 1.54) is 27.2 Å². The van der Waals surface area contributed by atoms with E-state index in [4.69, 9.17) is 9.47 Å². The molecule has 0 amide bonds. The Balaban J connectivity index is 3.28. The van der Waals surface area contributed by atoms with E-state index in [1.807, 2.05) is 0 Å². The summed E-state index contributed by atoms with van der Waals surface area (Å²) in [6, 6.07) is 4.66. The maximum absolute atomic E-state index is 11.5. The highest BCUT2D eigenvalue weighted by atomic mass is 16.6. The quantitative estimate of drug-likeness (QED) is 0.458. The number of methoxy groups -OCH3 is 2. The fourth-order valence-corrected chi connectivity index (χ4v) is 1.68. The summed E-state index contributed by atoms with van der Waals surface area (Å²) < 4.78 is 14.7. The number of hydrogen-bond acceptors (Lipinski definition) is 7. The Labute approximate surface area is 127 Å². The molecule has 0 saturated heterocycles. The first kappa shape index (κ1) is 17.4. The molecule has 0 aliphatic rings. The zero-order valence-corrected chi connectivity index (χ0v) is 12.4. The second kappa shape index (κ2) is 7.99. The van der Waals surface area contributed by atoms with Crippen LogP contribution in [0.1, 0.15) is 12.5 Å². The van der Waals surface area contributed by atoms with Crippen molar-refractivity contribution in [1.82, 2.24) is 0 Å². The Morgan fingerprint density at radius 3 is 2.59 bits per heavy atom. The SMILES string of the molecule is CCOC(=O)C(O)/C(=C\c1cc(OC)ccc1OC)[N+](=O)[O-]. The number of aliphatic hydroxyl groups excluding tert-OH is 1. The van der Waals surface area contributed by atoms with Crippen LogP contribution in [0.5, 0.6) is 11.5 Å². The Morgan fingerprint density at radius 1 is 1.41 bits per heavy atom. The van der Waals surface area contributed by atoms with Crippen LogP contribution in [0.15, 0.2) is 23.9 Å². The number of aliphatic hydroxyl groups is 1. The minimum Gasteiger partial charge on any atom is -0.497 e. The predicted molar refractivity (Wildman–Crippen MR) is 77.2 cm³/mol. The van der Waals surface area contributed by atoms with Gasteiger partial charge in [0.05, 0.1) is 25.7 Å². The van der Waals surface area contributed by atoms with Crippen LogP contribution in [0, 0.1) is 10.1 Å². The van der Waals surface area contributed by atoms with E-state index in [9.17, 15) is 20.0 Å². The first-order chi connectivity index (χ1) is 10.4. The van der Waals surface area contributed by atoms with Crippen LogP contribution in [-0.4, -0.2) is 42.9 Å². The number of nitrogens with zero attached hydrogens (tertiary/aromatic N) is 1. The highest BCUT2D eigenvalue weighted by Crippen LogP contribution is 2.27. The highest BCUT2D eigenvalue weighted by molar-refractivity contribution is 5.79. The molecule has 120 valence electrons. The van der Waals surface area contributed by atoms with E-state index in [-0.39, 0.29) is 12.2 Å². The van der Waals surface area contributed by atoms with Gasteiger partial charge >= 0.3 is 5.97 Å². The van der Waals surface area contributed by atoms with Crippen LogP contribution in [0.4, 0.5) is 0 Å². The second-order valence-corrected chi connectivity index (χ2v) is 4.09. The lowest BCUT2D eigenvalue weighted by molar-refractivity contribution is -0.432. The molecule has 0 saturated carbocycles. The number of carbonyl (C=O) groups is 1. The first-order valence-corrected chi connectivity index (χ1v) is 6.37. The lowest BCUT2D eigenvalue weighted by Gasteiger charge is -2.10. The van der Waals surface area contributed by atoms with Gasteiger partial charge in [-0.2, -0.15) is 0 Å². The molecule has 1 aromatic rings. The minimum absolute atomic E-state index is 0.00334. The molecule has 0 aliphatic heterocycles. The summed E-state index contributed by atoms with van der Waals surface area (Å²) in [7, 11) is 2.84. The van der Waals surface area contributed by atoms with Gasteiger partial charge < -0.3 is 19.3 Å². The van der Waals surface area contributed by atoms with Gasteiger partial charge in [-0.15, -0.1) is 0 Å². The fourth-order valence-electron chi connectivity index (χ4n) is 1.68. The van der Waals surface area contributed by atoms with Gasteiger partial charge in [0, 0.05) is 11.6 Å². The van der Waals surface area contributed by atoms with Gasteiger partial charge in [0.15, 0.2) is 0 Å². The molecule has 1 aromatic carbocycles. The zero-order valence-electron chi connectivity index (χ0n) is 12.4. The van der Waals surface area contributed by atoms with Crippen LogP contribution in [0.3, 0.4) is 0 Å². The van der Waals surface area contributed by atoms with Gasteiger partial charge in [0.25, 0.3) is 5.70 Å². The summed E-state index contributed by atoms with van der Waals surface area (Å²) in [5, 5.41) is 20.9. The van der Waals surface area contributed by atoms with E-state index in [1.54, 1.807) is 12.1 Å². The Morgan fingerprint density at radius 2 is 2.09 bits per heavy atom. The van der Waals surface area contributed by atoms with Crippen molar-refractivity contribution in [2.45, 2.75) is 13.0 Å². The largest absolute Gasteiger partial charge is 0.497 e. The lowest BCUT2D eigenvalue weighted by Crippen LogP contribution is -2.28. The van der Waals surface area contributed by atoms with E-state index in [0.29, 0.717) is 11.5 Å². The number of esters is 1. The number of carbonyl (C=O) groups excluding carboxylic acids is 1. The summed E-state index contributed by atoms with van der Waals surface area (Å²) in [4.78, 5) is 21.7. The standard InChI is InChI=1S/C14H17NO7/c1-4-22-14(17)13(16)11(15(18)19)8-9-7-10(20-2)5-6-12(9)21-3/h5-8,13,16H,4H2,1-3H3/b11-8+. The lowest BCUT2D eigenvalue weighted by atomic mass is 10.1. The smallest absolute Gasteiger partial charge is 0.346 e. The fraction of sp³-hybridized carbons (Fsp3) is 0.357. The summed E-state index contributed by atoms with van der Waals surface area (Å²) in [5.74, 6) is -0.316. The third-order valence-electron chi connectivity index (χ3n) is 2.74. The molecule has 8 nitrogen and oxygen atoms in total. The van der Waals surface area contributed by atoms with Crippen molar-refractivity contribution in [3.8, 4) is 11.5 Å². The maximum Gasteiger partial charge on any atom is 0.346 e. The van der Waals surface area contributed by atoms with Gasteiger partial charge in [-0.25, -0.2) is 4.79 Å². The van der Waals surface area contributed by atoms with Crippen molar-refractivity contribution in [2.75, 3.05) is 20.8 Å². The molecule has 22 heavy (non-hydrogen) atoms. The molecular formula is C14H17NO7. The van der Waals surface area contributed by atoms with Crippen molar-refractivity contribution >= 4 is 12.0 Å².